The zero-order valence-electron chi connectivity index (χ0n) is 14.3. The number of hydrogen-bond donors (Lipinski definition) is 2. The first kappa shape index (κ1) is 17.5. The van der Waals surface area contributed by atoms with E-state index in [2.05, 4.69) is 21.1 Å². The predicted octanol–water partition coefficient (Wildman–Crippen LogP) is 3.13. The first-order valence-electron chi connectivity index (χ1n) is 8.58. The van der Waals surface area contributed by atoms with Crippen LogP contribution >= 0.6 is 0 Å². The molecule has 0 saturated heterocycles. The Morgan fingerprint density at radius 3 is 1.42 bits per heavy atom. The molecule has 6 nitrogen and oxygen atoms in total. The number of rotatable bonds is 4. The van der Waals surface area contributed by atoms with Crippen molar-refractivity contribution in [3.8, 4) is 0 Å². The summed E-state index contributed by atoms with van der Waals surface area (Å²) < 4.78 is 0. The van der Waals surface area contributed by atoms with Gasteiger partial charge in [-0.05, 0) is 49.9 Å². The van der Waals surface area contributed by atoms with Crippen molar-refractivity contribution in [3.63, 3.8) is 0 Å². The van der Waals surface area contributed by atoms with Crippen LogP contribution in [0.4, 0.5) is 0 Å². The van der Waals surface area contributed by atoms with Crippen LogP contribution in [0.2, 0.25) is 0 Å². The van der Waals surface area contributed by atoms with Crippen LogP contribution in [-0.4, -0.2) is 23.2 Å². The Kier molecular flexibility index (Phi) is 5.88. The summed E-state index contributed by atoms with van der Waals surface area (Å²) in [6.45, 7) is 0. The summed E-state index contributed by atoms with van der Waals surface area (Å²) in [7, 11) is 0. The molecule has 132 valence electrons. The van der Waals surface area contributed by atoms with Crippen LogP contribution in [0, 0.1) is 0 Å². The molecule has 0 bridgehead atoms. The second kappa shape index (κ2) is 8.71. The fraction of sp³-hybridized carbons (Fsp3) is 0.200. The summed E-state index contributed by atoms with van der Waals surface area (Å²) in [5.41, 5.74) is 7.64. The Morgan fingerprint density at radius 1 is 0.654 bits per heavy atom. The van der Waals surface area contributed by atoms with Gasteiger partial charge < -0.3 is 0 Å². The lowest BCUT2D eigenvalue weighted by molar-refractivity contribution is 0.0946. The molecule has 1 saturated carbocycles. The lowest BCUT2D eigenvalue weighted by Crippen LogP contribution is -2.28. The predicted molar refractivity (Wildman–Crippen MR) is 101 cm³/mol. The maximum Gasteiger partial charge on any atom is 0.271 e. The highest BCUT2D eigenvalue weighted by Crippen LogP contribution is 2.13. The molecule has 2 amide bonds. The smallest absolute Gasteiger partial charge is 0.267 e. The van der Waals surface area contributed by atoms with Crippen molar-refractivity contribution in [1.29, 1.82) is 0 Å². The first-order valence-corrected chi connectivity index (χ1v) is 8.58. The summed E-state index contributed by atoms with van der Waals surface area (Å²) in [5.74, 6) is -0.535. The third-order valence-electron chi connectivity index (χ3n) is 4.07. The van der Waals surface area contributed by atoms with E-state index in [0.29, 0.717) is 22.6 Å². The highest BCUT2D eigenvalue weighted by atomic mass is 16.2. The van der Waals surface area contributed by atoms with Gasteiger partial charge in [0, 0.05) is 11.1 Å². The number of carbonyl (C=O) groups is 2. The molecule has 6 heteroatoms. The van der Waals surface area contributed by atoms with Crippen LogP contribution in [0.1, 0.15) is 46.4 Å². The SMILES string of the molecule is O=C(N/N=C1\CCCC\C1=N/NC(=O)c1ccccc1)c1ccccc1. The average Bonchev–Trinajstić information content (AvgIpc) is 2.72. The van der Waals surface area contributed by atoms with E-state index in [-0.39, 0.29) is 11.8 Å². The lowest BCUT2D eigenvalue weighted by atomic mass is 9.96. The van der Waals surface area contributed by atoms with Gasteiger partial charge in [0.15, 0.2) is 0 Å². The number of hydrogen-bond acceptors (Lipinski definition) is 4. The molecule has 0 atom stereocenters. The Labute approximate surface area is 152 Å². The van der Waals surface area contributed by atoms with E-state index in [0.717, 1.165) is 25.7 Å². The number of benzene rings is 2. The molecule has 26 heavy (non-hydrogen) atoms. The molecular formula is C20H20N4O2. The van der Waals surface area contributed by atoms with Gasteiger partial charge in [0.1, 0.15) is 0 Å². The maximum atomic E-state index is 12.1. The Bertz CT molecular complexity index is 758. The minimum Gasteiger partial charge on any atom is -0.267 e. The van der Waals surface area contributed by atoms with Gasteiger partial charge in [-0.3, -0.25) is 9.59 Å². The largest absolute Gasteiger partial charge is 0.271 e. The van der Waals surface area contributed by atoms with E-state index < -0.39 is 0 Å². The molecule has 0 heterocycles. The van der Waals surface area contributed by atoms with Crippen molar-refractivity contribution in [2.45, 2.75) is 25.7 Å². The van der Waals surface area contributed by atoms with Crippen molar-refractivity contribution in [2.75, 3.05) is 0 Å². The minimum atomic E-state index is -0.267. The van der Waals surface area contributed by atoms with Crippen molar-refractivity contribution >= 4 is 23.2 Å². The van der Waals surface area contributed by atoms with Gasteiger partial charge in [-0.25, -0.2) is 10.9 Å². The molecule has 0 aromatic heterocycles. The second-order valence-electron chi connectivity index (χ2n) is 5.94. The van der Waals surface area contributed by atoms with Crippen LogP contribution in [-0.2, 0) is 0 Å². The number of nitrogens with zero attached hydrogens (tertiary/aromatic N) is 2. The zero-order chi connectivity index (χ0) is 18.2. The van der Waals surface area contributed by atoms with E-state index in [9.17, 15) is 9.59 Å². The molecular weight excluding hydrogens is 328 g/mol. The topological polar surface area (TPSA) is 82.9 Å². The third-order valence-corrected chi connectivity index (χ3v) is 4.07. The molecule has 2 aromatic carbocycles. The van der Waals surface area contributed by atoms with Crippen LogP contribution in [0.15, 0.2) is 70.9 Å². The van der Waals surface area contributed by atoms with Gasteiger partial charge in [0.25, 0.3) is 11.8 Å². The fourth-order valence-corrected chi connectivity index (χ4v) is 2.66. The number of nitrogens with one attached hydrogen (secondary N) is 2. The van der Waals surface area contributed by atoms with Gasteiger partial charge in [-0.15, -0.1) is 0 Å². The summed E-state index contributed by atoms with van der Waals surface area (Å²) in [6, 6.07) is 17.8. The number of amides is 2. The van der Waals surface area contributed by atoms with Crippen LogP contribution in [0.3, 0.4) is 0 Å². The molecule has 0 aliphatic heterocycles. The van der Waals surface area contributed by atoms with E-state index >= 15 is 0 Å². The summed E-state index contributed by atoms with van der Waals surface area (Å²) in [5, 5.41) is 8.45. The molecule has 0 spiro atoms. The highest BCUT2D eigenvalue weighted by molar-refractivity contribution is 6.43. The summed E-state index contributed by atoms with van der Waals surface area (Å²) in [4.78, 5) is 24.2. The zero-order valence-corrected chi connectivity index (χ0v) is 14.3. The van der Waals surface area contributed by atoms with E-state index in [1.54, 1.807) is 48.5 Å². The summed E-state index contributed by atoms with van der Waals surface area (Å²) in [6.07, 6.45) is 3.39. The quantitative estimate of drug-likeness (QED) is 0.832. The third kappa shape index (κ3) is 4.63. The Balaban J connectivity index is 1.67. The monoisotopic (exact) mass is 348 g/mol. The maximum absolute atomic E-state index is 12.1. The lowest BCUT2D eigenvalue weighted by Gasteiger charge is -2.15. The molecule has 1 aliphatic rings. The van der Waals surface area contributed by atoms with Crippen LogP contribution in [0.25, 0.3) is 0 Å². The van der Waals surface area contributed by atoms with Gasteiger partial charge in [0.05, 0.1) is 11.4 Å². The number of carbonyl (C=O) groups excluding carboxylic acids is 2. The van der Waals surface area contributed by atoms with Gasteiger partial charge in [-0.1, -0.05) is 36.4 Å². The van der Waals surface area contributed by atoms with Crippen LogP contribution < -0.4 is 10.9 Å². The molecule has 1 aliphatic carbocycles. The molecule has 2 N–H and O–H groups in total. The molecule has 2 aromatic rings. The van der Waals surface area contributed by atoms with Gasteiger partial charge >= 0.3 is 0 Å². The second-order valence-corrected chi connectivity index (χ2v) is 5.94. The van der Waals surface area contributed by atoms with Gasteiger partial charge in [-0.2, -0.15) is 10.2 Å². The van der Waals surface area contributed by atoms with Crippen LogP contribution in [0.5, 0.6) is 0 Å². The molecule has 0 radical (unpaired) electrons. The molecule has 1 fully saturated rings. The Hall–Kier alpha value is -3.28. The summed E-state index contributed by atoms with van der Waals surface area (Å²) >= 11 is 0. The van der Waals surface area contributed by atoms with E-state index in [1.807, 2.05) is 12.1 Å². The highest BCUT2D eigenvalue weighted by Gasteiger charge is 2.17. The molecule has 3 rings (SSSR count). The number of hydrazone groups is 2. The fourth-order valence-electron chi connectivity index (χ4n) is 2.66. The van der Waals surface area contributed by atoms with E-state index in [4.69, 9.17) is 0 Å². The van der Waals surface area contributed by atoms with Crippen molar-refractivity contribution in [2.24, 2.45) is 10.2 Å². The molecule has 0 unspecified atom stereocenters. The van der Waals surface area contributed by atoms with Crippen molar-refractivity contribution in [1.82, 2.24) is 10.9 Å². The Morgan fingerprint density at radius 2 is 1.04 bits per heavy atom. The average molecular weight is 348 g/mol. The standard InChI is InChI=1S/C20H20N4O2/c25-19(15-9-3-1-4-10-15)23-21-17-13-7-8-14-18(17)22-24-20(26)16-11-5-2-6-12-16/h1-6,9-12H,7-8,13-14H2,(H,23,25)(H,24,26)/b21-17+,22-18+. The minimum absolute atomic E-state index is 0.267. The normalized spacial score (nSPS) is 17.1. The van der Waals surface area contributed by atoms with Crippen molar-refractivity contribution < 1.29 is 9.59 Å². The van der Waals surface area contributed by atoms with Gasteiger partial charge in [0.2, 0.25) is 0 Å². The first-order chi connectivity index (χ1) is 12.7. The van der Waals surface area contributed by atoms with Crippen molar-refractivity contribution in [3.05, 3.63) is 71.8 Å². The van der Waals surface area contributed by atoms with E-state index in [1.165, 1.54) is 0 Å².